The van der Waals surface area contributed by atoms with E-state index in [-0.39, 0.29) is 4.34 Å². The molecule has 4 nitrogen and oxygen atoms in total. The first-order valence-electron chi connectivity index (χ1n) is 2.14. The Morgan fingerprint density at radius 3 is 2.50 bits per heavy atom. The van der Waals surface area contributed by atoms with E-state index in [2.05, 4.69) is 4.98 Å². The fraction of sp³-hybridized carbons (Fsp3) is 0. The van der Waals surface area contributed by atoms with Gasteiger partial charge in [-0.25, -0.2) is 18.5 Å². The van der Waals surface area contributed by atoms with Gasteiger partial charge in [0.2, 0.25) is 4.34 Å². The molecule has 0 saturated carbocycles. The minimum atomic E-state index is -3.66. The number of halogens is 1. The van der Waals surface area contributed by atoms with Crippen molar-refractivity contribution in [3.63, 3.8) is 0 Å². The molecule has 0 radical (unpaired) electrons. The van der Waals surface area contributed by atoms with Crippen LogP contribution < -0.4 is 5.14 Å². The van der Waals surface area contributed by atoms with Gasteiger partial charge in [-0.15, -0.1) is 0 Å². The molecule has 0 aliphatic carbocycles. The zero-order chi connectivity index (χ0) is 7.78. The van der Waals surface area contributed by atoms with Crippen molar-refractivity contribution in [2.45, 2.75) is 4.34 Å². The summed E-state index contributed by atoms with van der Waals surface area (Å²) in [7, 11) is -3.66. The van der Waals surface area contributed by atoms with E-state index >= 15 is 0 Å². The fourth-order valence-corrected chi connectivity index (χ4v) is 2.09. The number of nitrogens with zero attached hydrogens (tertiary/aromatic N) is 1. The molecule has 0 saturated heterocycles. The minimum absolute atomic E-state index is 0.155. The van der Waals surface area contributed by atoms with Gasteiger partial charge in [-0.05, 0) is 0 Å². The molecular formula is C3H3ClN2O2S2. The topological polar surface area (TPSA) is 73.1 Å². The highest BCUT2D eigenvalue weighted by atomic mass is 35.5. The summed E-state index contributed by atoms with van der Waals surface area (Å²) < 4.78 is 21.2. The normalized spacial score (nSPS) is 11.8. The molecule has 56 valence electrons. The predicted octanol–water partition coefficient (Wildman–Crippen LogP) is 0.444. The Morgan fingerprint density at radius 1 is 1.70 bits per heavy atom. The van der Waals surface area contributed by atoms with Crippen LogP contribution in [0.3, 0.4) is 0 Å². The monoisotopic (exact) mass is 198 g/mol. The SMILES string of the molecule is NS(=O)(=O)c1ncc(Cl)s1. The van der Waals surface area contributed by atoms with Crippen LogP contribution in [0.1, 0.15) is 0 Å². The second kappa shape index (κ2) is 2.46. The number of thiazole rings is 1. The number of hydrogen-bond donors (Lipinski definition) is 1. The Hall–Kier alpha value is -0.170. The maximum Gasteiger partial charge on any atom is 0.265 e. The average Bonchev–Trinajstić information content (AvgIpc) is 2.11. The van der Waals surface area contributed by atoms with E-state index < -0.39 is 10.0 Å². The number of rotatable bonds is 1. The molecule has 1 rings (SSSR count). The molecule has 0 bridgehead atoms. The zero-order valence-electron chi connectivity index (χ0n) is 4.61. The van der Waals surface area contributed by atoms with Crippen molar-refractivity contribution in [3.8, 4) is 0 Å². The fourth-order valence-electron chi connectivity index (χ4n) is 0.371. The van der Waals surface area contributed by atoms with Gasteiger partial charge in [0, 0.05) is 0 Å². The number of sulfonamides is 1. The first-order valence-corrected chi connectivity index (χ1v) is 4.88. The Labute approximate surface area is 66.7 Å². The van der Waals surface area contributed by atoms with E-state index in [4.69, 9.17) is 16.7 Å². The van der Waals surface area contributed by atoms with Crippen LogP contribution in [0, 0.1) is 0 Å². The Balaban J connectivity index is 3.21. The van der Waals surface area contributed by atoms with Crippen LogP contribution in [0.2, 0.25) is 4.34 Å². The van der Waals surface area contributed by atoms with Crippen molar-refractivity contribution in [1.82, 2.24) is 4.98 Å². The molecule has 7 heteroatoms. The average molecular weight is 199 g/mol. The zero-order valence-corrected chi connectivity index (χ0v) is 7.00. The molecule has 0 aliphatic heterocycles. The van der Waals surface area contributed by atoms with Crippen LogP contribution in [-0.4, -0.2) is 13.4 Å². The van der Waals surface area contributed by atoms with E-state index in [1.54, 1.807) is 0 Å². The van der Waals surface area contributed by atoms with Gasteiger partial charge in [-0.2, -0.15) is 0 Å². The van der Waals surface area contributed by atoms with E-state index in [1.807, 2.05) is 0 Å². The largest absolute Gasteiger partial charge is 0.265 e. The second-order valence-electron chi connectivity index (χ2n) is 1.48. The first kappa shape index (κ1) is 7.93. The van der Waals surface area contributed by atoms with Crippen LogP contribution in [0.4, 0.5) is 0 Å². The minimum Gasteiger partial charge on any atom is -0.231 e. The van der Waals surface area contributed by atoms with Crippen LogP contribution in [0.5, 0.6) is 0 Å². The third-order valence-corrected chi connectivity index (χ3v) is 3.15. The molecule has 0 unspecified atom stereocenters. The Kier molecular flexibility index (Phi) is 1.95. The van der Waals surface area contributed by atoms with Crippen LogP contribution in [-0.2, 0) is 10.0 Å². The lowest BCUT2D eigenvalue weighted by Gasteiger charge is -1.85. The maximum absolute atomic E-state index is 10.5. The van der Waals surface area contributed by atoms with E-state index in [0.29, 0.717) is 4.34 Å². The Bertz CT molecular complexity index is 330. The summed E-state index contributed by atoms with van der Waals surface area (Å²) >= 11 is 6.24. The van der Waals surface area contributed by atoms with Gasteiger partial charge in [-0.1, -0.05) is 22.9 Å². The lowest BCUT2D eigenvalue weighted by molar-refractivity contribution is 0.597. The summed E-state index contributed by atoms with van der Waals surface area (Å²) in [5, 5.41) is 4.73. The van der Waals surface area contributed by atoms with Crippen molar-refractivity contribution in [3.05, 3.63) is 10.5 Å². The molecule has 1 aromatic heterocycles. The summed E-state index contributed by atoms with van der Waals surface area (Å²) in [5.74, 6) is 0. The summed E-state index contributed by atoms with van der Waals surface area (Å²) in [6.45, 7) is 0. The van der Waals surface area contributed by atoms with Crippen LogP contribution in [0.15, 0.2) is 10.5 Å². The van der Waals surface area contributed by atoms with Crippen LogP contribution in [0.25, 0.3) is 0 Å². The lowest BCUT2D eigenvalue weighted by atomic mass is 11.0. The van der Waals surface area contributed by atoms with Gasteiger partial charge in [0.05, 0.1) is 6.20 Å². The summed E-state index contributed by atoms with van der Waals surface area (Å²) in [6, 6.07) is 0. The molecule has 0 amide bonds. The summed E-state index contributed by atoms with van der Waals surface area (Å²) in [6.07, 6.45) is 1.24. The number of nitrogens with two attached hydrogens (primary N) is 1. The molecule has 1 heterocycles. The molecule has 0 spiro atoms. The third kappa shape index (κ3) is 1.66. The molecule has 10 heavy (non-hydrogen) atoms. The third-order valence-electron chi connectivity index (χ3n) is 0.700. The van der Waals surface area contributed by atoms with E-state index in [9.17, 15) is 8.42 Å². The van der Waals surface area contributed by atoms with Gasteiger partial charge in [-0.3, -0.25) is 0 Å². The van der Waals surface area contributed by atoms with Gasteiger partial charge in [0.1, 0.15) is 4.34 Å². The molecular weight excluding hydrogens is 196 g/mol. The van der Waals surface area contributed by atoms with Crippen LogP contribution >= 0.6 is 22.9 Å². The van der Waals surface area contributed by atoms with Gasteiger partial charge in [0.25, 0.3) is 10.0 Å². The van der Waals surface area contributed by atoms with Gasteiger partial charge >= 0.3 is 0 Å². The van der Waals surface area contributed by atoms with Crippen molar-refractivity contribution >= 4 is 33.0 Å². The number of aromatic nitrogens is 1. The highest BCUT2D eigenvalue weighted by Gasteiger charge is 2.11. The predicted molar refractivity (Wildman–Crippen MR) is 38.5 cm³/mol. The molecule has 0 fully saturated rings. The molecule has 2 N–H and O–H groups in total. The number of primary sulfonamides is 1. The summed E-state index contributed by atoms with van der Waals surface area (Å²) in [5.41, 5.74) is 0. The Morgan fingerprint density at radius 2 is 2.30 bits per heavy atom. The van der Waals surface area contributed by atoms with Gasteiger partial charge < -0.3 is 0 Å². The highest BCUT2D eigenvalue weighted by molar-refractivity contribution is 7.91. The lowest BCUT2D eigenvalue weighted by Crippen LogP contribution is -2.11. The first-order chi connectivity index (χ1) is 4.50. The van der Waals surface area contributed by atoms with Crippen molar-refractivity contribution in [2.75, 3.05) is 0 Å². The molecule has 0 atom stereocenters. The van der Waals surface area contributed by atoms with Crippen molar-refractivity contribution in [2.24, 2.45) is 5.14 Å². The number of hydrogen-bond acceptors (Lipinski definition) is 4. The maximum atomic E-state index is 10.5. The molecule has 1 aromatic rings. The molecule has 0 aliphatic rings. The van der Waals surface area contributed by atoms with E-state index in [0.717, 1.165) is 11.3 Å². The van der Waals surface area contributed by atoms with Crippen molar-refractivity contribution in [1.29, 1.82) is 0 Å². The highest BCUT2D eigenvalue weighted by Crippen LogP contribution is 2.20. The van der Waals surface area contributed by atoms with Crippen molar-refractivity contribution < 1.29 is 8.42 Å². The summed E-state index contributed by atoms with van der Waals surface area (Å²) in [4.78, 5) is 3.46. The van der Waals surface area contributed by atoms with E-state index in [1.165, 1.54) is 6.20 Å². The second-order valence-corrected chi connectivity index (χ2v) is 4.87. The molecule has 0 aromatic carbocycles. The standard InChI is InChI=1S/C3H3ClN2O2S2/c4-2-1-6-3(9-2)10(5,7)8/h1H,(H2,5,7,8). The quantitative estimate of drug-likeness (QED) is 0.712. The smallest absolute Gasteiger partial charge is 0.231 e. The van der Waals surface area contributed by atoms with Gasteiger partial charge in [0.15, 0.2) is 0 Å².